The number of nitrogens with one attached hydrogen (secondary N) is 1. The van der Waals surface area contributed by atoms with E-state index < -0.39 is 0 Å². The topological polar surface area (TPSA) is 49.0 Å². The van der Waals surface area contributed by atoms with Crippen LogP contribution in [0.5, 0.6) is 0 Å². The normalized spacial score (nSPS) is 12.5. The lowest BCUT2D eigenvalue weighted by atomic mass is 10.00. The number of aromatic nitrogens is 2. The predicted octanol–water partition coefficient (Wildman–Crippen LogP) is 8.40. The van der Waals surface area contributed by atoms with Gasteiger partial charge in [0, 0.05) is 13.1 Å². The summed E-state index contributed by atoms with van der Waals surface area (Å²) in [6, 6.07) is 16.3. The van der Waals surface area contributed by atoms with Gasteiger partial charge in [-0.2, -0.15) is 0 Å². The average Bonchev–Trinajstić information content (AvgIpc) is 3.58. The summed E-state index contributed by atoms with van der Waals surface area (Å²) in [5.74, 6) is 0.281. The largest absolute Gasteiger partial charge is 0.345 e. The van der Waals surface area contributed by atoms with E-state index in [1.165, 1.54) is 18.4 Å². The maximum Gasteiger partial charge on any atom is 0.229 e. The van der Waals surface area contributed by atoms with Gasteiger partial charge in [-0.1, -0.05) is 97.7 Å². The van der Waals surface area contributed by atoms with Gasteiger partial charge >= 0.3 is 0 Å². The first-order valence-electron chi connectivity index (χ1n) is 13.3. The number of hydrogen-bond donors (Lipinski definition) is 1. The molecular formula is C30H49N3O. The fourth-order valence-corrected chi connectivity index (χ4v) is 3.30. The van der Waals surface area contributed by atoms with E-state index in [2.05, 4.69) is 56.7 Å². The third kappa shape index (κ3) is 11.5. The Bertz CT molecular complexity index is 865. The summed E-state index contributed by atoms with van der Waals surface area (Å²) in [5.41, 5.74) is 4.64. The fourth-order valence-electron chi connectivity index (χ4n) is 3.30. The zero-order chi connectivity index (χ0) is 25.8. The van der Waals surface area contributed by atoms with Gasteiger partial charge in [0.15, 0.2) is 0 Å². The molecule has 1 amide bonds. The Balaban J connectivity index is 0.000000503. The van der Waals surface area contributed by atoms with Crippen LogP contribution < -0.4 is 0 Å². The Kier molecular flexibility index (Phi) is 18.3. The summed E-state index contributed by atoms with van der Waals surface area (Å²) in [7, 11) is 0. The number of likely N-dealkylation sites (tertiary alicyclic amines) is 1. The number of aromatic amines is 1. The molecule has 0 bridgehead atoms. The van der Waals surface area contributed by atoms with Crippen molar-refractivity contribution in [3.05, 3.63) is 66.0 Å². The van der Waals surface area contributed by atoms with Gasteiger partial charge in [-0.25, -0.2) is 4.98 Å². The molecule has 1 fully saturated rings. The number of hydrogen-bond acceptors (Lipinski definition) is 2. The molecule has 1 aromatic heterocycles. The molecular weight excluding hydrogens is 418 g/mol. The van der Waals surface area contributed by atoms with Crippen LogP contribution in [0.15, 0.2) is 54.9 Å². The molecule has 190 valence electrons. The van der Waals surface area contributed by atoms with E-state index in [1.807, 2.05) is 62.1 Å². The van der Waals surface area contributed by atoms with Gasteiger partial charge in [-0.3, -0.25) is 4.79 Å². The second-order valence-corrected chi connectivity index (χ2v) is 8.19. The molecule has 1 N–H and O–H groups in total. The summed E-state index contributed by atoms with van der Waals surface area (Å²) >= 11 is 0. The lowest BCUT2D eigenvalue weighted by molar-refractivity contribution is -0.131. The van der Waals surface area contributed by atoms with Crippen molar-refractivity contribution in [2.45, 2.75) is 93.4 Å². The Hall–Kier alpha value is -2.62. The van der Waals surface area contributed by atoms with Crippen molar-refractivity contribution in [1.82, 2.24) is 14.9 Å². The average molecular weight is 468 g/mol. The van der Waals surface area contributed by atoms with Gasteiger partial charge in [0.2, 0.25) is 5.91 Å². The first kappa shape index (κ1) is 31.4. The number of carbonyl (C=O) groups excluding carboxylic acids is 1. The summed E-state index contributed by atoms with van der Waals surface area (Å²) in [5, 5.41) is 0. The maximum atomic E-state index is 12.1. The fraction of sp³-hybridized carbons (Fsp3) is 0.533. The molecule has 2 aromatic carbocycles. The number of fused-ring (bicyclic) bond motifs is 1. The summed E-state index contributed by atoms with van der Waals surface area (Å²) in [6.07, 6.45) is 7.62. The number of nitrogens with zero attached hydrogens (tertiary/aromatic N) is 2. The number of carbonyl (C=O) groups is 1. The molecule has 1 atom stereocenters. The highest BCUT2D eigenvalue weighted by atomic mass is 16.2. The van der Waals surface area contributed by atoms with E-state index >= 15 is 0 Å². The molecule has 4 rings (SSSR count). The zero-order valence-electron chi connectivity index (χ0n) is 23.0. The summed E-state index contributed by atoms with van der Waals surface area (Å²) in [4.78, 5) is 21.3. The summed E-state index contributed by atoms with van der Waals surface area (Å²) in [6.45, 7) is 18.5. The van der Waals surface area contributed by atoms with Crippen molar-refractivity contribution >= 4 is 16.9 Å². The van der Waals surface area contributed by atoms with Crippen molar-refractivity contribution in [3.63, 3.8) is 0 Å². The third-order valence-corrected chi connectivity index (χ3v) is 4.98. The van der Waals surface area contributed by atoms with Gasteiger partial charge in [-0.15, -0.1) is 0 Å². The lowest BCUT2D eigenvalue weighted by Gasteiger charge is -2.20. The van der Waals surface area contributed by atoms with Crippen LogP contribution in [0.3, 0.4) is 0 Å². The molecule has 1 aliphatic rings. The minimum Gasteiger partial charge on any atom is -0.345 e. The lowest BCUT2D eigenvalue weighted by Crippen LogP contribution is -2.31. The van der Waals surface area contributed by atoms with Crippen molar-refractivity contribution in [3.8, 4) is 0 Å². The van der Waals surface area contributed by atoms with Crippen LogP contribution in [0.25, 0.3) is 11.0 Å². The first-order chi connectivity index (χ1) is 16.5. The van der Waals surface area contributed by atoms with Gasteiger partial charge < -0.3 is 9.88 Å². The molecule has 1 saturated heterocycles. The highest BCUT2D eigenvalue weighted by Crippen LogP contribution is 2.20. The molecule has 3 aromatic rings. The third-order valence-electron chi connectivity index (χ3n) is 4.98. The van der Waals surface area contributed by atoms with Gasteiger partial charge in [-0.05, 0) is 49.4 Å². The Morgan fingerprint density at radius 3 is 2.03 bits per heavy atom. The number of amides is 1. The van der Waals surface area contributed by atoms with Crippen LogP contribution >= 0.6 is 0 Å². The first-order valence-corrected chi connectivity index (χ1v) is 13.3. The number of rotatable bonds is 3. The molecule has 4 heteroatoms. The van der Waals surface area contributed by atoms with E-state index in [0.29, 0.717) is 0 Å². The molecule has 34 heavy (non-hydrogen) atoms. The highest BCUT2D eigenvalue weighted by Gasteiger charge is 2.23. The number of benzene rings is 2. The van der Waals surface area contributed by atoms with Gasteiger partial charge in [0.05, 0.1) is 23.3 Å². The second kappa shape index (κ2) is 19.8. The Morgan fingerprint density at radius 1 is 0.941 bits per heavy atom. The van der Waals surface area contributed by atoms with Crippen molar-refractivity contribution in [2.75, 3.05) is 13.1 Å². The van der Waals surface area contributed by atoms with Crippen molar-refractivity contribution in [2.24, 2.45) is 0 Å². The molecule has 0 aliphatic carbocycles. The minimum absolute atomic E-state index is 0.00398. The number of aryl methyl sites for hydroxylation is 1. The van der Waals surface area contributed by atoms with Crippen LogP contribution in [0.2, 0.25) is 0 Å². The molecule has 0 spiro atoms. The summed E-state index contributed by atoms with van der Waals surface area (Å²) < 4.78 is 0. The smallest absolute Gasteiger partial charge is 0.229 e. The van der Waals surface area contributed by atoms with E-state index in [-0.39, 0.29) is 11.8 Å². The molecule has 2 heterocycles. The van der Waals surface area contributed by atoms with Crippen LogP contribution in [0.1, 0.15) is 98.1 Å². The van der Waals surface area contributed by atoms with Gasteiger partial charge in [0.25, 0.3) is 0 Å². The standard InChI is InChI=1S/C13H17NO.C9H10N2.2C3H8.C2H6/c1-11(12-7-3-2-4-8-12)13(15)14-9-5-6-10-14;1-2-7-3-4-8-9(5-7)11-6-10-8;2*1-3-2;1-2/h2-4,7-8,11H,5-6,9-10H2,1H3;3-6H,2H2,1H3,(H,10,11);2*3H2,1-2H3;1-2H3/t11-;;;;/m0..../s1. The van der Waals surface area contributed by atoms with Crippen LogP contribution in [-0.4, -0.2) is 33.9 Å². The van der Waals surface area contributed by atoms with E-state index in [0.717, 1.165) is 48.9 Å². The van der Waals surface area contributed by atoms with Gasteiger partial charge in [0.1, 0.15) is 0 Å². The quantitative estimate of drug-likeness (QED) is 0.420. The Morgan fingerprint density at radius 2 is 1.50 bits per heavy atom. The van der Waals surface area contributed by atoms with Crippen molar-refractivity contribution < 1.29 is 4.79 Å². The maximum absolute atomic E-state index is 12.1. The molecule has 0 radical (unpaired) electrons. The molecule has 4 nitrogen and oxygen atoms in total. The van der Waals surface area contributed by atoms with E-state index in [4.69, 9.17) is 0 Å². The number of imidazole rings is 1. The molecule has 0 saturated carbocycles. The SMILES string of the molecule is CC.CCC.CCC.CCc1ccc2nc[nH]c2c1.C[C@H](C(=O)N1CCCC1)c1ccccc1. The van der Waals surface area contributed by atoms with Crippen LogP contribution in [-0.2, 0) is 11.2 Å². The second-order valence-electron chi connectivity index (χ2n) is 8.19. The molecule has 1 aliphatic heterocycles. The van der Waals surface area contributed by atoms with Crippen molar-refractivity contribution in [1.29, 1.82) is 0 Å². The monoisotopic (exact) mass is 467 g/mol. The molecule has 0 unspecified atom stereocenters. The van der Waals surface area contributed by atoms with Crippen LogP contribution in [0.4, 0.5) is 0 Å². The van der Waals surface area contributed by atoms with E-state index in [9.17, 15) is 4.79 Å². The van der Waals surface area contributed by atoms with E-state index in [1.54, 1.807) is 6.33 Å². The Labute approximate surface area is 209 Å². The number of H-pyrrole nitrogens is 1. The highest BCUT2D eigenvalue weighted by molar-refractivity contribution is 5.83. The van der Waals surface area contributed by atoms with Crippen LogP contribution in [0, 0.1) is 0 Å². The predicted molar refractivity (Wildman–Crippen MR) is 149 cm³/mol. The zero-order valence-corrected chi connectivity index (χ0v) is 23.0. The minimum atomic E-state index is 0.00398.